The van der Waals surface area contributed by atoms with Gasteiger partial charge in [-0.05, 0) is 105 Å². The van der Waals surface area contributed by atoms with Crippen LogP contribution in [0.2, 0.25) is 0 Å². The number of aliphatic hydroxyl groups is 1. The highest BCUT2D eigenvalue weighted by atomic mass is 16.5. The Morgan fingerprint density at radius 2 is 1.46 bits per heavy atom. The topological polar surface area (TPSA) is 236 Å². The van der Waals surface area contributed by atoms with Crippen LogP contribution in [0.1, 0.15) is 142 Å². The summed E-state index contributed by atoms with van der Waals surface area (Å²) in [6, 6.07) is 13.8. The van der Waals surface area contributed by atoms with E-state index in [1.807, 2.05) is 58.0 Å². The summed E-state index contributed by atoms with van der Waals surface area (Å²) < 4.78 is 12.3. The lowest BCUT2D eigenvalue weighted by Gasteiger charge is -2.41. The van der Waals surface area contributed by atoms with Crippen LogP contribution in [0.3, 0.4) is 0 Å². The molecule has 0 radical (unpaired) electrons. The molecule has 5 N–H and O–H groups in total. The maximum atomic E-state index is 14.8. The zero-order valence-corrected chi connectivity index (χ0v) is 49.9. The summed E-state index contributed by atoms with van der Waals surface area (Å²) in [5.41, 5.74) is 2.16. The molecule has 452 valence electrons. The van der Waals surface area contributed by atoms with Gasteiger partial charge < -0.3 is 45.6 Å². The predicted octanol–water partition coefficient (Wildman–Crippen LogP) is 5.92. The SMILES string of the molecule is CC[C@H](C)[C@@H]([C@H](CC(=O)N1CCC[C@H]1[C@H](OC)[C@@H](C)C(=O)N[C@@H](Cc1ccccc1)C(=O)Nc1ccc(CNC(=O)CCCCCN2C(=O)C=CC2=O)cc1)OC)N(C)C(=O)[C@@H](NC(=O)[C@@H]1[C@H]2CC[C@H](C2)N1CCCCCCO)C(C)C. The molecule has 2 aromatic carbocycles. The summed E-state index contributed by atoms with van der Waals surface area (Å²) in [5.74, 6) is -2.92. The van der Waals surface area contributed by atoms with Crippen molar-refractivity contribution in [2.45, 2.75) is 192 Å². The number of nitrogens with zero attached hydrogens (tertiary/aromatic N) is 4. The molecular formula is C63H94N8O11. The molecule has 8 amide bonds. The van der Waals surface area contributed by atoms with Gasteiger partial charge in [-0.1, -0.05) is 103 Å². The number of likely N-dealkylation sites (N-methyl/N-ethyl adjacent to an activating group) is 1. The monoisotopic (exact) mass is 1140 g/mol. The van der Waals surface area contributed by atoms with E-state index < -0.39 is 54.1 Å². The second-order valence-electron chi connectivity index (χ2n) is 23.6. The van der Waals surface area contributed by atoms with Crippen LogP contribution in [0, 0.1) is 23.7 Å². The summed E-state index contributed by atoms with van der Waals surface area (Å²) >= 11 is 0. The van der Waals surface area contributed by atoms with Gasteiger partial charge in [0.05, 0.1) is 42.7 Å². The average molecular weight is 1140 g/mol. The van der Waals surface area contributed by atoms with Crippen molar-refractivity contribution in [1.82, 2.24) is 35.6 Å². The molecule has 3 aliphatic heterocycles. The average Bonchev–Trinajstić information content (AvgIpc) is 4.44. The number of hydrogen-bond acceptors (Lipinski definition) is 12. The number of carbonyl (C=O) groups excluding carboxylic acids is 8. The fraction of sp³-hybridized carbons (Fsp3) is 0.651. The molecule has 3 fully saturated rings. The Labute approximate surface area is 486 Å². The van der Waals surface area contributed by atoms with Crippen molar-refractivity contribution in [3.05, 3.63) is 77.9 Å². The number of benzene rings is 2. The maximum Gasteiger partial charge on any atom is 0.253 e. The number of imide groups is 1. The van der Waals surface area contributed by atoms with Gasteiger partial charge in [0, 0.05) is 84.2 Å². The van der Waals surface area contributed by atoms with E-state index in [1.165, 1.54) is 24.2 Å². The quantitative estimate of drug-likeness (QED) is 0.0406. The molecule has 0 spiro atoms. The fourth-order valence-corrected chi connectivity index (χ4v) is 12.8. The molecule has 11 atom stereocenters. The Balaban J connectivity index is 1.05. The highest BCUT2D eigenvalue weighted by Crippen LogP contribution is 2.43. The van der Waals surface area contributed by atoms with Gasteiger partial charge >= 0.3 is 0 Å². The number of anilines is 1. The standard InChI is InChI=1S/C63H94N8O11/c1-9-42(4)57(68(6)63(80)56(41(2)3)67-62(79)58-46-27-30-48(38-46)69(58)33-17-10-11-19-36-72)51(81-7)39-55(76)70-35-20-23-50(70)59(82-8)43(5)60(77)66-49(37-44-21-14-12-15-22-44)61(78)65-47-28-25-45(26-29-47)40-64-52(73)24-16-13-18-34-71-53(74)31-32-54(71)75/h12,14-15,21-22,25-26,28-29,31-32,41-43,46,48-51,56-59,72H,9-11,13,16-20,23-24,27,30,33-40H2,1-8H3,(H,64,73)(H,65,78)(H,66,77)(H,67,79)/t42-,43+,46-,48+,49-,50-,51-,56-,57-,58-,59+/m0/s1. The summed E-state index contributed by atoms with van der Waals surface area (Å²) in [4.78, 5) is 115. The van der Waals surface area contributed by atoms with Crippen molar-refractivity contribution in [1.29, 1.82) is 0 Å². The van der Waals surface area contributed by atoms with Crippen molar-refractivity contribution in [3.8, 4) is 0 Å². The zero-order valence-electron chi connectivity index (χ0n) is 49.9. The number of aliphatic hydroxyl groups excluding tert-OH is 1. The largest absolute Gasteiger partial charge is 0.396 e. The number of ether oxygens (including phenoxy) is 2. The summed E-state index contributed by atoms with van der Waals surface area (Å²) in [5, 5.41) is 21.3. The van der Waals surface area contributed by atoms with Crippen molar-refractivity contribution in [2.24, 2.45) is 23.7 Å². The van der Waals surface area contributed by atoms with Gasteiger partial charge in [0.15, 0.2) is 0 Å². The number of fused-ring (bicyclic) bond motifs is 2. The van der Waals surface area contributed by atoms with Gasteiger partial charge in [-0.25, -0.2) is 0 Å². The Hall–Kier alpha value is -6.02. The highest BCUT2D eigenvalue weighted by molar-refractivity contribution is 6.12. The Morgan fingerprint density at radius 1 is 0.780 bits per heavy atom. The van der Waals surface area contributed by atoms with Gasteiger partial charge in [0.2, 0.25) is 35.4 Å². The minimum atomic E-state index is -0.975. The smallest absolute Gasteiger partial charge is 0.253 e. The fourth-order valence-electron chi connectivity index (χ4n) is 12.8. The van der Waals surface area contributed by atoms with Crippen LogP contribution in [0.15, 0.2) is 66.7 Å². The molecule has 2 bridgehead atoms. The first-order chi connectivity index (χ1) is 39.4. The van der Waals surface area contributed by atoms with E-state index in [0.29, 0.717) is 69.8 Å². The highest BCUT2D eigenvalue weighted by Gasteiger charge is 2.50. The third-order valence-electron chi connectivity index (χ3n) is 17.6. The number of hydrogen-bond donors (Lipinski definition) is 5. The van der Waals surface area contributed by atoms with Crippen LogP contribution in [0.5, 0.6) is 0 Å². The molecule has 4 aliphatic rings. The molecular weight excluding hydrogens is 1040 g/mol. The number of likely N-dealkylation sites (tertiary alicyclic amines) is 2. The van der Waals surface area contributed by atoms with Gasteiger partial charge in [-0.15, -0.1) is 0 Å². The van der Waals surface area contributed by atoms with Crippen LogP contribution in [-0.2, 0) is 60.8 Å². The molecule has 3 heterocycles. The first-order valence-electron chi connectivity index (χ1n) is 30.2. The van der Waals surface area contributed by atoms with E-state index in [1.54, 1.807) is 55.1 Å². The summed E-state index contributed by atoms with van der Waals surface area (Å²) in [6.45, 7) is 11.8. The lowest BCUT2D eigenvalue weighted by molar-refractivity contribution is -0.148. The number of piperidine rings is 1. The van der Waals surface area contributed by atoms with Crippen molar-refractivity contribution in [2.75, 3.05) is 52.8 Å². The Kier molecular flexibility index (Phi) is 25.5. The van der Waals surface area contributed by atoms with Crippen molar-refractivity contribution in [3.63, 3.8) is 0 Å². The van der Waals surface area contributed by atoms with Gasteiger partial charge in [0.25, 0.3) is 11.8 Å². The summed E-state index contributed by atoms with van der Waals surface area (Å²) in [6.07, 6.45) is 12.2. The Morgan fingerprint density at radius 3 is 2.12 bits per heavy atom. The van der Waals surface area contributed by atoms with Gasteiger partial charge in [-0.3, -0.25) is 48.2 Å². The molecule has 2 aromatic rings. The number of nitrogens with one attached hydrogen (secondary N) is 4. The number of amides is 8. The molecule has 82 heavy (non-hydrogen) atoms. The van der Waals surface area contributed by atoms with Crippen LogP contribution in [0.25, 0.3) is 0 Å². The van der Waals surface area contributed by atoms with E-state index in [9.17, 15) is 43.5 Å². The number of methoxy groups -OCH3 is 2. The first kappa shape index (κ1) is 65.1. The number of carbonyl (C=O) groups is 8. The molecule has 2 saturated heterocycles. The molecule has 19 nitrogen and oxygen atoms in total. The van der Waals surface area contributed by atoms with Crippen molar-refractivity contribution >= 4 is 52.9 Å². The molecule has 1 aliphatic carbocycles. The van der Waals surface area contributed by atoms with Crippen LogP contribution in [0.4, 0.5) is 5.69 Å². The normalized spacial score (nSPS) is 21.2. The lowest BCUT2D eigenvalue weighted by Crippen LogP contribution is -2.60. The van der Waals surface area contributed by atoms with E-state index in [2.05, 4.69) is 26.2 Å². The minimum absolute atomic E-state index is 0.0304. The molecule has 1 saturated carbocycles. The third kappa shape index (κ3) is 17.5. The third-order valence-corrected chi connectivity index (χ3v) is 17.6. The number of unbranched alkanes of at least 4 members (excludes halogenated alkanes) is 5. The zero-order chi connectivity index (χ0) is 59.5. The second kappa shape index (κ2) is 32.1. The van der Waals surface area contributed by atoms with Crippen LogP contribution >= 0.6 is 0 Å². The van der Waals surface area contributed by atoms with Gasteiger partial charge in [0.1, 0.15) is 12.1 Å². The van der Waals surface area contributed by atoms with Crippen LogP contribution in [-0.4, -0.2) is 168 Å². The van der Waals surface area contributed by atoms with Gasteiger partial charge in [-0.2, -0.15) is 0 Å². The lowest BCUT2D eigenvalue weighted by atomic mass is 9.89. The van der Waals surface area contributed by atoms with Crippen molar-refractivity contribution < 1.29 is 52.9 Å². The van der Waals surface area contributed by atoms with E-state index in [-0.39, 0.29) is 85.2 Å². The molecule has 6 rings (SSSR count). The predicted molar refractivity (Wildman–Crippen MR) is 313 cm³/mol. The first-order valence-corrected chi connectivity index (χ1v) is 30.2. The van der Waals surface area contributed by atoms with E-state index in [4.69, 9.17) is 9.47 Å². The molecule has 19 heteroatoms. The second-order valence-corrected chi connectivity index (χ2v) is 23.6. The number of rotatable bonds is 34. The minimum Gasteiger partial charge on any atom is -0.396 e. The van der Waals surface area contributed by atoms with E-state index >= 15 is 0 Å². The molecule has 0 unspecified atom stereocenters. The van der Waals surface area contributed by atoms with E-state index in [0.717, 1.165) is 62.6 Å². The van der Waals surface area contributed by atoms with Crippen LogP contribution < -0.4 is 21.3 Å². The Bertz CT molecular complexity index is 2460. The summed E-state index contributed by atoms with van der Waals surface area (Å²) in [7, 11) is 4.84. The maximum absolute atomic E-state index is 14.8. The molecule has 0 aromatic heterocycles.